The van der Waals surface area contributed by atoms with Crippen LogP contribution in [0.2, 0.25) is 0 Å². The van der Waals surface area contributed by atoms with E-state index in [1.165, 1.54) is 14.2 Å². The van der Waals surface area contributed by atoms with Crippen molar-refractivity contribution in [3.8, 4) is 0 Å². The summed E-state index contributed by atoms with van der Waals surface area (Å²) in [5.41, 5.74) is 4.93. The number of carbonyl (C=O) groups excluding carboxylic acids is 2. The van der Waals surface area contributed by atoms with Gasteiger partial charge in [0.05, 0.1) is 25.5 Å². The Morgan fingerprint density at radius 2 is 1.62 bits per heavy atom. The van der Waals surface area contributed by atoms with Crippen LogP contribution in [0.5, 0.6) is 0 Å². The molecule has 0 radical (unpaired) electrons. The van der Waals surface area contributed by atoms with Gasteiger partial charge in [0, 0.05) is 11.6 Å². The number of esters is 2. The van der Waals surface area contributed by atoms with E-state index >= 15 is 0 Å². The van der Waals surface area contributed by atoms with Crippen LogP contribution in [0.15, 0.2) is 34.5 Å². The third-order valence-corrected chi connectivity index (χ3v) is 4.75. The topological polar surface area (TPSA) is 65.0 Å². The molecule has 5 heteroatoms. The zero-order valence-corrected chi connectivity index (χ0v) is 16.4. The smallest absolute Gasteiger partial charge is 0.336 e. The molecule has 0 fully saturated rings. The van der Waals surface area contributed by atoms with Crippen LogP contribution in [0, 0.1) is 19.8 Å². The first-order valence-corrected chi connectivity index (χ1v) is 8.92. The van der Waals surface area contributed by atoms with E-state index in [1.54, 1.807) is 0 Å². The van der Waals surface area contributed by atoms with Gasteiger partial charge in [-0.3, -0.25) is 9.79 Å². The molecule has 5 nitrogen and oxygen atoms in total. The van der Waals surface area contributed by atoms with E-state index in [4.69, 9.17) is 9.47 Å². The van der Waals surface area contributed by atoms with Crippen LogP contribution in [0.25, 0.3) is 0 Å². The van der Waals surface area contributed by atoms with Gasteiger partial charge in [-0.25, -0.2) is 4.79 Å². The predicted octanol–water partition coefficient (Wildman–Crippen LogP) is 3.88. The molecule has 0 N–H and O–H groups in total. The number of rotatable bonds is 5. The predicted molar refractivity (Wildman–Crippen MR) is 101 cm³/mol. The summed E-state index contributed by atoms with van der Waals surface area (Å²) in [6.45, 7) is 7.92. The quantitative estimate of drug-likeness (QED) is 0.750. The first kappa shape index (κ1) is 19.9. The lowest BCUT2D eigenvalue weighted by Gasteiger charge is -2.32. The van der Waals surface area contributed by atoms with Crippen LogP contribution in [0.3, 0.4) is 0 Å². The van der Waals surface area contributed by atoms with Crippen molar-refractivity contribution < 1.29 is 19.1 Å². The Kier molecular flexibility index (Phi) is 6.35. The lowest BCUT2D eigenvalue weighted by molar-refractivity contribution is -0.143. The van der Waals surface area contributed by atoms with Gasteiger partial charge in [-0.2, -0.15) is 0 Å². The highest BCUT2D eigenvalue weighted by molar-refractivity contribution is 6.07. The minimum atomic E-state index is -0.629. The molecule has 1 aliphatic rings. The number of aryl methyl sites for hydroxylation is 2. The first-order valence-electron chi connectivity index (χ1n) is 8.92. The maximum absolute atomic E-state index is 12.7. The molecule has 1 aromatic rings. The molecule has 1 heterocycles. The highest BCUT2D eigenvalue weighted by Crippen LogP contribution is 2.42. The van der Waals surface area contributed by atoms with E-state index in [2.05, 4.69) is 11.1 Å². The third-order valence-electron chi connectivity index (χ3n) is 4.75. The molecule has 0 amide bonds. The molecule has 2 atom stereocenters. The number of allylic oxidation sites excluding steroid dienone is 1. The maximum Gasteiger partial charge on any atom is 0.336 e. The minimum absolute atomic E-state index is 0.383. The van der Waals surface area contributed by atoms with Crippen LogP contribution in [0.1, 0.15) is 49.3 Å². The normalized spacial score (nSPS) is 19.8. The summed E-state index contributed by atoms with van der Waals surface area (Å²) in [4.78, 5) is 29.9. The van der Waals surface area contributed by atoms with Crippen molar-refractivity contribution in [3.63, 3.8) is 0 Å². The average molecular weight is 357 g/mol. The number of hydrogen-bond acceptors (Lipinski definition) is 5. The highest BCUT2D eigenvalue weighted by atomic mass is 16.5. The molecule has 0 aliphatic carbocycles. The van der Waals surface area contributed by atoms with Gasteiger partial charge in [0.15, 0.2) is 0 Å². The molecule has 140 valence electrons. The van der Waals surface area contributed by atoms with E-state index in [0.29, 0.717) is 24.1 Å². The second-order valence-corrected chi connectivity index (χ2v) is 6.56. The van der Waals surface area contributed by atoms with E-state index in [0.717, 1.165) is 22.4 Å². The van der Waals surface area contributed by atoms with E-state index in [9.17, 15) is 9.59 Å². The van der Waals surface area contributed by atoms with Crippen LogP contribution < -0.4 is 0 Å². The van der Waals surface area contributed by atoms with Crippen LogP contribution in [-0.4, -0.2) is 31.9 Å². The molecule has 1 aliphatic heterocycles. The summed E-state index contributed by atoms with van der Waals surface area (Å²) < 4.78 is 10.1. The largest absolute Gasteiger partial charge is 0.468 e. The number of benzene rings is 1. The number of carbonyl (C=O) groups is 2. The van der Waals surface area contributed by atoms with Crippen molar-refractivity contribution in [2.45, 2.75) is 46.5 Å². The fourth-order valence-electron chi connectivity index (χ4n) is 3.71. The van der Waals surface area contributed by atoms with Crippen molar-refractivity contribution in [2.24, 2.45) is 10.9 Å². The van der Waals surface area contributed by atoms with E-state index in [1.807, 2.05) is 39.8 Å². The third kappa shape index (κ3) is 3.71. The Bertz CT molecular complexity index is 756. The molecule has 0 aromatic heterocycles. The SMILES string of the molecule is CCC1=NC(CC)=C(C(=O)OC)C(c2cc(C)cc(C)c2)C1C(=O)OC. The molecular formula is C21H27NO4. The zero-order chi connectivity index (χ0) is 19.4. The van der Waals surface area contributed by atoms with E-state index in [-0.39, 0.29) is 5.97 Å². The van der Waals surface area contributed by atoms with E-state index < -0.39 is 17.8 Å². The standard InChI is InChI=1S/C21H27NO4/c1-7-15-18(20(23)25-5)17(14-10-12(3)9-13(4)11-14)19(21(24)26-6)16(8-2)22-15/h9-11,17-18H,7-8H2,1-6H3. The molecule has 0 bridgehead atoms. The van der Waals surface area contributed by atoms with Crippen LogP contribution >= 0.6 is 0 Å². The fraction of sp³-hybridized carbons (Fsp3) is 0.476. The Balaban J connectivity index is 2.80. The monoisotopic (exact) mass is 357 g/mol. The van der Waals surface area contributed by atoms with Crippen molar-refractivity contribution in [3.05, 3.63) is 46.2 Å². The molecule has 2 unspecified atom stereocenters. The molecule has 0 saturated heterocycles. The molecule has 1 aromatic carbocycles. The Hall–Kier alpha value is -2.43. The van der Waals surface area contributed by atoms with Gasteiger partial charge in [0.1, 0.15) is 5.92 Å². The second-order valence-electron chi connectivity index (χ2n) is 6.56. The number of hydrogen-bond donors (Lipinski definition) is 0. The molecule has 0 saturated carbocycles. The number of nitrogens with zero attached hydrogens (tertiary/aromatic N) is 1. The molecule has 26 heavy (non-hydrogen) atoms. The van der Waals surface area contributed by atoms with Gasteiger partial charge in [0.25, 0.3) is 0 Å². The lowest BCUT2D eigenvalue weighted by atomic mass is 9.74. The van der Waals surface area contributed by atoms with Gasteiger partial charge in [-0.15, -0.1) is 0 Å². The average Bonchev–Trinajstić information content (AvgIpc) is 2.63. The van der Waals surface area contributed by atoms with Gasteiger partial charge in [-0.1, -0.05) is 43.2 Å². The molecule has 0 spiro atoms. The maximum atomic E-state index is 12.7. The number of methoxy groups -OCH3 is 2. The Morgan fingerprint density at radius 1 is 1.00 bits per heavy atom. The van der Waals surface area contributed by atoms with Gasteiger partial charge >= 0.3 is 11.9 Å². The minimum Gasteiger partial charge on any atom is -0.468 e. The lowest BCUT2D eigenvalue weighted by Crippen LogP contribution is -2.37. The number of aliphatic imine (C=N–C) groups is 1. The summed E-state index contributed by atoms with van der Waals surface area (Å²) in [7, 11) is 2.72. The van der Waals surface area contributed by atoms with Gasteiger partial charge in [0.2, 0.25) is 0 Å². The first-order chi connectivity index (χ1) is 12.4. The summed E-state index contributed by atoms with van der Waals surface area (Å²) in [5.74, 6) is -1.92. The summed E-state index contributed by atoms with van der Waals surface area (Å²) in [5, 5.41) is 0. The van der Waals surface area contributed by atoms with Crippen LogP contribution in [-0.2, 0) is 19.1 Å². The summed E-state index contributed by atoms with van der Waals surface area (Å²) >= 11 is 0. The Morgan fingerprint density at radius 3 is 2.08 bits per heavy atom. The van der Waals surface area contributed by atoms with Crippen molar-refractivity contribution in [1.82, 2.24) is 0 Å². The number of ether oxygens (including phenoxy) is 2. The fourth-order valence-corrected chi connectivity index (χ4v) is 3.71. The highest BCUT2D eigenvalue weighted by Gasteiger charge is 2.43. The van der Waals surface area contributed by atoms with Crippen molar-refractivity contribution >= 4 is 17.7 Å². The molecule has 2 rings (SSSR count). The summed E-state index contributed by atoms with van der Waals surface area (Å²) in [6, 6.07) is 6.10. The van der Waals surface area contributed by atoms with Crippen molar-refractivity contribution in [1.29, 1.82) is 0 Å². The van der Waals surface area contributed by atoms with Gasteiger partial charge < -0.3 is 9.47 Å². The Labute approximate surface area is 155 Å². The molecular weight excluding hydrogens is 330 g/mol. The zero-order valence-electron chi connectivity index (χ0n) is 16.4. The van der Waals surface area contributed by atoms with Gasteiger partial charge in [-0.05, 0) is 32.3 Å². The van der Waals surface area contributed by atoms with Crippen LogP contribution in [0.4, 0.5) is 0 Å². The summed E-state index contributed by atoms with van der Waals surface area (Å²) in [6.07, 6.45) is 1.20. The van der Waals surface area contributed by atoms with Crippen molar-refractivity contribution in [2.75, 3.05) is 14.2 Å². The second kappa shape index (κ2) is 8.30.